The van der Waals surface area contributed by atoms with Crippen molar-refractivity contribution in [2.75, 3.05) is 0 Å². The zero-order valence-electron chi connectivity index (χ0n) is 32.8. The minimum atomic E-state index is -0.507. The molecule has 2 heterocycles. The van der Waals surface area contributed by atoms with Crippen LogP contribution in [0.15, 0.2) is 170 Å². The minimum Gasteiger partial charge on any atom is -0.308 e. The lowest BCUT2D eigenvalue weighted by Gasteiger charge is -2.16. The van der Waals surface area contributed by atoms with Crippen LogP contribution in [0, 0.1) is 0 Å². The summed E-state index contributed by atoms with van der Waals surface area (Å²) in [5.74, 6) is 1.06. The smallest absolute Gasteiger partial charge is 0.166 e. The highest BCUT2D eigenvalue weighted by molar-refractivity contribution is 6.09. The molecule has 7 aromatic carbocycles. The second-order valence-corrected chi connectivity index (χ2v) is 11.1. The van der Waals surface area contributed by atoms with Gasteiger partial charge in [0.25, 0.3) is 0 Å². The van der Waals surface area contributed by atoms with Gasteiger partial charge in [0.15, 0.2) is 17.5 Å². The molecule has 0 aliphatic rings. The summed E-state index contributed by atoms with van der Waals surface area (Å²) in [5.41, 5.74) is 3.94. The second-order valence-electron chi connectivity index (χ2n) is 11.1. The maximum Gasteiger partial charge on any atom is 0.166 e. The van der Waals surface area contributed by atoms with Gasteiger partial charge in [0.05, 0.1) is 27.7 Å². The number of aromatic nitrogens is 4. The van der Waals surface area contributed by atoms with Gasteiger partial charge < -0.3 is 4.57 Å². The molecule has 220 valence electrons. The molecule has 0 aliphatic heterocycles. The first-order valence-electron chi connectivity index (χ1n) is 19.1. The molecule has 9 rings (SSSR count). The van der Waals surface area contributed by atoms with Crippen LogP contribution in [0.3, 0.4) is 0 Å². The molecule has 0 N–H and O–H groups in total. The monoisotopic (exact) mass is 608 g/mol. The molecule has 0 atom stereocenters. The Bertz CT molecular complexity index is 2940. The molecule has 0 spiro atoms. The third-order valence-electron chi connectivity index (χ3n) is 8.32. The van der Waals surface area contributed by atoms with Gasteiger partial charge in [0, 0.05) is 27.5 Å². The van der Waals surface area contributed by atoms with Crippen molar-refractivity contribution >= 4 is 32.6 Å². The van der Waals surface area contributed by atoms with Gasteiger partial charge in [-0.1, -0.05) is 145 Å². The molecular weight excluding hydrogens is 573 g/mol. The molecule has 4 heteroatoms. The van der Waals surface area contributed by atoms with Gasteiger partial charge in [-0.05, 0) is 46.1 Å². The van der Waals surface area contributed by atoms with E-state index in [1.165, 1.54) is 4.57 Å². The number of rotatable bonds is 5. The van der Waals surface area contributed by atoms with Crippen LogP contribution in [0.25, 0.3) is 83.6 Å². The van der Waals surface area contributed by atoms with Crippen LogP contribution in [0.5, 0.6) is 0 Å². The van der Waals surface area contributed by atoms with Crippen molar-refractivity contribution < 1.29 is 11.0 Å². The molecular formula is C43H28N4. The molecule has 0 bridgehead atoms. The van der Waals surface area contributed by atoms with Crippen molar-refractivity contribution in [2.45, 2.75) is 0 Å². The van der Waals surface area contributed by atoms with Crippen molar-refractivity contribution in [3.63, 3.8) is 0 Å². The summed E-state index contributed by atoms with van der Waals surface area (Å²) in [6.07, 6.45) is 0. The van der Waals surface area contributed by atoms with Gasteiger partial charge in [0.1, 0.15) is 0 Å². The van der Waals surface area contributed by atoms with Crippen LogP contribution in [0.1, 0.15) is 11.0 Å². The Hall–Kier alpha value is -6.39. The Labute approximate surface area is 283 Å². The van der Waals surface area contributed by atoms with Crippen LogP contribution in [-0.2, 0) is 0 Å². The molecule has 4 nitrogen and oxygen atoms in total. The quantitative estimate of drug-likeness (QED) is 0.195. The van der Waals surface area contributed by atoms with Crippen molar-refractivity contribution in [1.29, 1.82) is 0 Å². The second kappa shape index (κ2) is 11.2. The highest BCUT2D eigenvalue weighted by Gasteiger charge is 2.20. The SMILES string of the molecule is [2H]c1c([2H])c([2H])c2c(c1[2H])c1c([2H])c([2H])c([2H])c([2H])c1n2-c1cc(-c2ccccc2)ccc1-c1nc(-c2ccccc2)nc(-c2cccc3ccccc23)n1. The summed E-state index contributed by atoms with van der Waals surface area (Å²) in [4.78, 5) is 15.1. The third kappa shape index (κ3) is 4.66. The van der Waals surface area contributed by atoms with E-state index in [1.807, 2.05) is 121 Å². The number of nitrogens with zero attached hydrogens (tertiary/aromatic N) is 4. The molecule has 0 saturated heterocycles. The average molecular weight is 609 g/mol. The van der Waals surface area contributed by atoms with E-state index in [2.05, 4.69) is 0 Å². The maximum absolute atomic E-state index is 9.19. The average Bonchev–Trinajstić information content (AvgIpc) is 3.60. The third-order valence-corrected chi connectivity index (χ3v) is 8.32. The Morgan fingerprint density at radius 1 is 0.426 bits per heavy atom. The Morgan fingerprint density at radius 2 is 1.00 bits per heavy atom. The van der Waals surface area contributed by atoms with Gasteiger partial charge in [0.2, 0.25) is 0 Å². The zero-order valence-corrected chi connectivity index (χ0v) is 24.8. The fraction of sp³-hybridized carbons (Fsp3) is 0. The lowest BCUT2D eigenvalue weighted by Crippen LogP contribution is -2.04. The molecule has 2 aromatic heterocycles. The summed E-state index contributed by atoms with van der Waals surface area (Å²) in [7, 11) is 0. The molecule has 0 aliphatic carbocycles. The predicted molar refractivity (Wildman–Crippen MR) is 193 cm³/mol. The van der Waals surface area contributed by atoms with Crippen LogP contribution < -0.4 is 0 Å². The van der Waals surface area contributed by atoms with Gasteiger partial charge in [-0.15, -0.1) is 0 Å². The van der Waals surface area contributed by atoms with E-state index in [4.69, 9.17) is 23.2 Å². The lowest BCUT2D eigenvalue weighted by molar-refractivity contribution is 1.07. The Morgan fingerprint density at radius 3 is 1.72 bits per heavy atom. The van der Waals surface area contributed by atoms with Gasteiger partial charge >= 0.3 is 0 Å². The zero-order chi connectivity index (χ0) is 38.1. The van der Waals surface area contributed by atoms with Crippen LogP contribution in [0.2, 0.25) is 0 Å². The molecule has 9 aromatic rings. The van der Waals surface area contributed by atoms with Crippen molar-refractivity contribution in [3.8, 4) is 51.0 Å². The first-order chi connectivity index (χ1) is 26.6. The first kappa shape index (κ1) is 19.9. The molecule has 0 saturated carbocycles. The van der Waals surface area contributed by atoms with Gasteiger partial charge in [-0.3, -0.25) is 0 Å². The van der Waals surface area contributed by atoms with Crippen LogP contribution in [-0.4, -0.2) is 19.5 Å². The van der Waals surface area contributed by atoms with Crippen molar-refractivity contribution in [3.05, 3.63) is 170 Å². The van der Waals surface area contributed by atoms with Gasteiger partial charge in [-0.2, -0.15) is 0 Å². The standard InChI is InChI=1S/C43H28N4/c1-3-14-29(15-4-1)32-26-27-37(40(28-32)47-38-24-11-9-21-34(38)35-22-10-12-25-39(35)47)43-45-41(31-17-5-2-6-18-31)44-42(46-43)36-23-13-19-30-16-7-8-20-33(30)36/h1-28H/i9D,10D,11D,12D,21D,22D,24D,25D. The van der Waals surface area contributed by atoms with E-state index in [9.17, 15) is 2.74 Å². The number of hydrogen-bond donors (Lipinski definition) is 0. The first-order valence-corrected chi connectivity index (χ1v) is 15.1. The van der Waals surface area contributed by atoms with E-state index in [0.29, 0.717) is 22.9 Å². The fourth-order valence-electron chi connectivity index (χ4n) is 6.13. The molecule has 0 fully saturated rings. The number of hydrogen-bond acceptors (Lipinski definition) is 3. The molecule has 0 unspecified atom stereocenters. The van der Waals surface area contributed by atoms with E-state index in [1.54, 1.807) is 0 Å². The Balaban J connectivity index is 1.46. The summed E-state index contributed by atoms with van der Waals surface area (Å²) in [6.45, 7) is 0. The summed E-state index contributed by atoms with van der Waals surface area (Å²) in [6, 6.07) is 35.0. The predicted octanol–water partition coefficient (Wildman–Crippen LogP) is 10.8. The number of para-hydroxylation sites is 2. The number of fused-ring (bicyclic) bond motifs is 4. The molecule has 0 amide bonds. The van der Waals surface area contributed by atoms with Crippen molar-refractivity contribution in [1.82, 2.24) is 19.5 Å². The summed E-state index contributed by atoms with van der Waals surface area (Å²) in [5, 5.41) is 1.92. The van der Waals surface area contributed by atoms with E-state index in [-0.39, 0.29) is 27.6 Å². The molecule has 0 radical (unpaired) electrons. The number of benzene rings is 7. The van der Waals surface area contributed by atoms with E-state index in [0.717, 1.165) is 33.0 Å². The summed E-state index contributed by atoms with van der Waals surface area (Å²) >= 11 is 0. The largest absolute Gasteiger partial charge is 0.308 e. The van der Waals surface area contributed by atoms with E-state index < -0.39 is 48.3 Å². The van der Waals surface area contributed by atoms with Crippen molar-refractivity contribution in [2.24, 2.45) is 0 Å². The summed E-state index contributed by atoms with van der Waals surface area (Å²) < 4.78 is 72.4. The van der Waals surface area contributed by atoms with Gasteiger partial charge in [-0.25, -0.2) is 15.0 Å². The normalized spacial score (nSPS) is 13.8. The highest BCUT2D eigenvalue weighted by Crippen LogP contribution is 2.38. The highest BCUT2D eigenvalue weighted by atomic mass is 15.1. The van der Waals surface area contributed by atoms with Crippen LogP contribution in [0.4, 0.5) is 0 Å². The topological polar surface area (TPSA) is 43.6 Å². The fourth-order valence-corrected chi connectivity index (χ4v) is 6.13. The maximum atomic E-state index is 9.19. The van der Waals surface area contributed by atoms with E-state index >= 15 is 0 Å². The minimum absolute atomic E-state index is 0.00563. The van der Waals surface area contributed by atoms with Crippen LogP contribution >= 0.6 is 0 Å². The lowest BCUT2D eigenvalue weighted by atomic mass is 10.0. The molecule has 47 heavy (non-hydrogen) atoms. The Kier molecular flexibility index (Phi) is 4.74.